The fourth-order valence-corrected chi connectivity index (χ4v) is 3.36. The molecule has 1 fully saturated rings. The van der Waals surface area contributed by atoms with Crippen LogP contribution in [0.25, 0.3) is 0 Å². The number of nitrogens with one attached hydrogen (secondary N) is 2. The SMILES string of the molecule is COCC1(CNC(=O)c2ccccc2Oc2ccccc2)CCNCC1.Cl. The molecule has 1 aliphatic heterocycles. The minimum atomic E-state index is -0.120. The van der Waals surface area contributed by atoms with Gasteiger partial charge in [0.05, 0.1) is 12.2 Å². The first-order chi connectivity index (χ1) is 12.7. The van der Waals surface area contributed by atoms with Crippen molar-refractivity contribution in [3.05, 3.63) is 60.2 Å². The summed E-state index contributed by atoms with van der Waals surface area (Å²) in [5, 5.41) is 6.46. The van der Waals surface area contributed by atoms with E-state index in [1.807, 2.05) is 48.5 Å². The standard InChI is InChI=1S/C21H26N2O3.ClH/c1-25-16-21(11-13-22-14-12-21)15-23-20(24)18-9-5-6-10-19(18)26-17-7-3-2-4-8-17;/h2-10,22H,11-16H2,1H3,(H,23,24);1H. The number of halogens is 1. The van der Waals surface area contributed by atoms with Crippen molar-refractivity contribution in [1.29, 1.82) is 0 Å². The van der Waals surface area contributed by atoms with Crippen LogP contribution in [0.2, 0.25) is 0 Å². The summed E-state index contributed by atoms with van der Waals surface area (Å²) >= 11 is 0. The molecule has 0 radical (unpaired) electrons. The number of methoxy groups -OCH3 is 1. The Kier molecular flexibility index (Phi) is 8.10. The van der Waals surface area contributed by atoms with Crippen LogP contribution >= 0.6 is 12.4 Å². The largest absolute Gasteiger partial charge is 0.457 e. The molecule has 27 heavy (non-hydrogen) atoms. The highest BCUT2D eigenvalue weighted by Gasteiger charge is 2.32. The summed E-state index contributed by atoms with van der Waals surface area (Å²) in [6.07, 6.45) is 1.98. The van der Waals surface area contributed by atoms with E-state index in [9.17, 15) is 4.79 Å². The van der Waals surface area contributed by atoms with Gasteiger partial charge >= 0.3 is 0 Å². The highest BCUT2D eigenvalue weighted by Crippen LogP contribution is 2.29. The minimum Gasteiger partial charge on any atom is -0.457 e. The van der Waals surface area contributed by atoms with E-state index in [2.05, 4.69) is 10.6 Å². The highest BCUT2D eigenvalue weighted by atomic mass is 35.5. The summed E-state index contributed by atoms with van der Waals surface area (Å²) in [4.78, 5) is 12.8. The Morgan fingerprint density at radius 3 is 2.44 bits per heavy atom. The van der Waals surface area contributed by atoms with E-state index in [-0.39, 0.29) is 23.7 Å². The first kappa shape index (κ1) is 21.2. The molecule has 0 aliphatic carbocycles. The molecule has 0 aromatic heterocycles. The minimum absolute atomic E-state index is 0. The molecule has 1 amide bonds. The van der Waals surface area contributed by atoms with Crippen molar-refractivity contribution in [3.63, 3.8) is 0 Å². The zero-order valence-electron chi connectivity index (χ0n) is 15.6. The second kappa shape index (κ2) is 10.3. The molecule has 0 unspecified atom stereocenters. The first-order valence-electron chi connectivity index (χ1n) is 9.02. The normalized spacial score (nSPS) is 15.4. The predicted octanol–water partition coefficient (Wildman–Crippen LogP) is 3.65. The van der Waals surface area contributed by atoms with E-state index >= 15 is 0 Å². The van der Waals surface area contributed by atoms with Crippen LogP contribution in [-0.2, 0) is 4.74 Å². The van der Waals surface area contributed by atoms with Crippen LogP contribution in [0.1, 0.15) is 23.2 Å². The molecule has 5 nitrogen and oxygen atoms in total. The van der Waals surface area contributed by atoms with E-state index in [0.717, 1.165) is 25.9 Å². The molecule has 2 N–H and O–H groups in total. The van der Waals surface area contributed by atoms with Crippen LogP contribution in [-0.4, -0.2) is 39.3 Å². The Morgan fingerprint density at radius 1 is 1.07 bits per heavy atom. The zero-order chi connectivity index (χ0) is 18.2. The van der Waals surface area contributed by atoms with Crippen molar-refractivity contribution < 1.29 is 14.3 Å². The third-order valence-electron chi connectivity index (χ3n) is 4.84. The number of carbonyl (C=O) groups excluding carboxylic acids is 1. The van der Waals surface area contributed by atoms with Gasteiger partial charge in [-0.05, 0) is 50.2 Å². The summed E-state index contributed by atoms with van der Waals surface area (Å²) in [6, 6.07) is 16.8. The van der Waals surface area contributed by atoms with Crippen LogP contribution < -0.4 is 15.4 Å². The quantitative estimate of drug-likeness (QED) is 0.757. The number of rotatable bonds is 7. The van der Waals surface area contributed by atoms with Gasteiger partial charge in [-0.1, -0.05) is 30.3 Å². The third-order valence-corrected chi connectivity index (χ3v) is 4.84. The zero-order valence-corrected chi connectivity index (χ0v) is 16.4. The summed E-state index contributed by atoms with van der Waals surface area (Å²) in [7, 11) is 1.72. The predicted molar refractivity (Wildman–Crippen MR) is 109 cm³/mol. The molecule has 6 heteroatoms. The molecule has 0 saturated carbocycles. The van der Waals surface area contributed by atoms with Gasteiger partial charge in [0, 0.05) is 19.1 Å². The van der Waals surface area contributed by atoms with E-state index in [4.69, 9.17) is 9.47 Å². The second-order valence-corrected chi connectivity index (χ2v) is 6.78. The Hall–Kier alpha value is -2.08. The van der Waals surface area contributed by atoms with Gasteiger partial charge in [0.2, 0.25) is 0 Å². The molecule has 0 bridgehead atoms. The molecule has 2 aromatic carbocycles. The van der Waals surface area contributed by atoms with Crippen molar-refractivity contribution >= 4 is 18.3 Å². The summed E-state index contributed by atoms with van der Waals surface area (Å²) in [5.41, 5.74) is 0.531. The lowest BCUT2D eigenvalue weighted by Crippen LogP contribution is -2.47. The highest BCUT2D eigenvalue weighted by molar-refractivity contribution is 5.97. The molecule has 146 valence electrons. The molecule has 0 spiro atoms. The Balaban J connectivity index is 0.00000261. The number of piperidine rings is 1. The van der Waals surface area contributed by atoms with Gasteiger partial charge in [-0.15, -0.1) is 12.4 Å². The van der Waals surface area contributed by atoms with Crippen LogP contribution in [0.3, 0.4) is 0 Å². The van der Waals surface area contributed by atoms with E-state index < -0.39 is 0 Å². The van der Waals surface area contributed by atoms with Gasteiger partial charge in [0.1, 0.15) is 11.5 Å². The van der Waals surface area contributed by atoms with Crippen LogP contribution in [0.5, 0.6) is 11.5 Å². The van der Waals surface area contributed by atoms with Crippen molar-refractivity contribution in [1.82, 2.24) is 10.6 Å². The molecule has 3 rings (SSSR count). The van der Waals surface area contributed by atoms with Crippen LogP contribution in [0.4, 0.5) is 0 Å². The van der Waals surface area contributed by atoms with Crippen molar-refractivity contribution in [2.24, 2.45) is 5.41 Å². The first-order valence-corrected chi connectivity index (χ1v) is 9.02. The van der Waals surface area contributed by atoms with Crippen molar-refractivity contribution in [3.8, 4) is 11.5 Å². The molecule has 0 atom stereocenters. The lowest BCUT2D eigenvalue weighted by Gasteiger charge is -2.37. The van der Waals surface area contributed by atoms with Gasteiger partial charge in [-0.3, -0.25) is 4.79 Å². The average molecular weight is 391 g/mol. The topological polar surface area (TPSA) is 59.6 Å². The van der Waals surface area contributed by atoms with Crippen LogP contribution in [0, 0.1) is 5.41 Å². The summed E-state index contributed by atoms with van der Waals surface area (Å²) < 4.78 is 11.3. The van der Waals surface area contributed by atoms with E-state index in [1.54, 1.807) is 13.2 Å². The number of hydrogen-bond acceptors (Lipinski definition) is 4. The van der Waals surface area contributed by atoms with Gasteiger partial charge in [0.25, 0.3) is 5.91 Å². The summed E-state index contributed by atoms with van der Waals surface area (Å²) in [5.74, 6) is 1.15. The third kappa shape index (κ3) is 5.70. The maximum absolute atomic E-state index is 12.8. The van der Waals surface area contributed by atoms with Crippen molar-refractivity contribution in [2.45, 2.75) is 12.8 Å². The number of benzene rings is 2. The monoisotopic (exact) mass is 390 g/mol. The smallest absolute Gasteiger partial charge is 0.255 e. The van der Waals surface area contributed by atoms with Gasteiger partial charge in [-0.25, -0.2) is 0 Å². The molecule has 1 heterocycles. The number of amides is 1. The Bertz CT molecular complexity index is 713. The Labute approximate surface area is 166 Å². The lowest BCUT2D eigenvalue weighted by atomic mass is 9.79. The van der Waals surface area contributed by atoms with E-state index in [0.29, 0.717) is 30.2 Å². The van der Waals surface area contributed by atoms with Gasteiger partial charge < -0.3 is 20.1 Å². The van der Waals surface area contributed by atoms with Crippen LogP contribution in [0.15, 0.2) is 54.6 Å². The molecule has 1 aliphatic rings. The van der Waals surface area contributed by atoms with Crippen molar-refractivity contribution in [2.75, 3.05) is 33.4 Å². The number of ether oxygens (including phenoxy) is 2. The summed E-state index contributed by atoms with van der Waals surface area (Å²) in [6.45, 7) is 3.15. The second-order valence-electron chi connectivity index (χ2n) is 6.78. The molecular formula is C21H27ClN2O3. The molecule has 1 saturated heterocycles. The average Bonchev–Trinajstić information content (AvgIpc) is 2.68. The number of hydrogen-bond donors (Lipinski definition) is 2. The lowest BCUT2D eigenvalue weighted by molar-refractivity contribution is 0.0511. The number of para-hydroxylation sites is 2. The van der Waals surface area contributed by atoms with E-state index in [1.165, 1.54) is 0 Å². The molecular weight excluding hydrogens is 364 g/mol. The Morgan fingerprint density at radius 2 is 1.74 bits per heavy atom. The number of carbonyl (C=O) groups is 1. The maximum atomic E-state index is 12.8. The fraction of sp³-hybridized carbons (Fsp3) is 0.381. The van der Waals surface area contributed by atoms with Gasteiger partial charge in [-0.2, -0.15) is 0 Å². The maximum Gasteiger partial charge on any atom is 0.255 e. The molecule has 2 aromatic rings. The van der Waals surface area contributed by atoms with Gasteiger partial charge in [0.15, 0.2) is 0 Å². The fourth-order valence-electron chi connectivity index (χ4n) is 3.36.